The molecule has 0 aromatic carbocycles. The lowest BCUT2D eigenvalue weighted by molar-refractivity contribution is 0.600. The van der Waals surface area contributed by atoms with Gasteiger partial charge in [-0.05, 0) is 24.6 Å². The van der Waals surface area contributed by atoms with Gasteiger partial charge in [-0.3, -0.25) is 4.68 Å². The summed E-state index contributed by atoms with van der Waals surface area (Å²) >= 11 is 0. The van der Waals surface area contributed by atoms with Crippen molar-refractivity contribution in [3.63, 3.8) is 0 Å². The van der Waals surface area contributed by atoms with Crippen LogP contribution in [0.25, 0.3) is 0 Å². The zero-order valence-corrected chi connectivity index (χ0v) is 12.0. The number of hydrogen-bond acceptors (Lipinski definition) is 3. The Balaban J connectivity index is 2.31. The summed E-state index contributed by atoms with van der Waals surface area (Å²) in [6, 6.07) is 3.55. The summed E-state index contributed by atoms with van der Waals surface area (Å²) < 4.78 is 25.9. The van der Waals surface area contributed by atoms with Crippen LogP contribution in [0.5, 0.6) is 0 Å². The van der Waals surface area contributed by atoms with Crippen molar-refractivity contribution in [2.24, 2.45) is 14.1 Å². The maximum Gasteiger partial charge on any atom is 0.276 e. The maximum absolute atomic E-state index is 11.3. The Morgan fingerprint density at radius 1 is 1.33 bits per heavy atom. The Labute approximate surface area is 110 Å². The molecule has 0 unspecified atom stereocenters. The van der Waals surface area contributed by atoms with E-state index >= 15 is 0 Å². The highest BCUT2D eigenvalue weighted by molar-refractivity contribution is 8.13. The van der Waals surface area contributed by atoms with Crippen LogP contribution in [0.4, 0.5) is 0 Å². The predicted molar refractivity (Wildman–Crippen MR) is 69.2 cm³/mol. The molecule has 5 nitrogen and oxygen atoms in total. The smallest absolute Gasteiger partial charge is 0.276 e. The van der Waals surface area contributed by atoms with Gasteiger partial charge in [-0.1, -0.05) is 0 Å². The minimum Gasteiger partial charge on any atom is -0.341 e. The van der Waals surface area contributed by atoms with Gasteiger partial charge in [0.15, 0.2) is 5.03 Å². The first kappa shape index (κ1) is 13.2. The van der Waals surface area contributed by atoms with Crippen molar-refractivity contribution >= 4 is 19.7 Å². The molecule has 0 spiro atoms. The standard InChI is InChI=1S/C11H14ClN3O2S/c1-8-4-10(13-15(8)3)5-9-6-11(14(2)7-9)18(12,16)17/h4,6-7H,5H2,1-3H3. The molecule has 2 rings (SSSR count). The third kappa shape index (κ3) is 2.59. The van der Waals surface area contributed by atoms with E-state index in [2.05, 4.69) is 5.10 Å². The summed E-state index contributed by atoms with van der Waals surface area (Å²) in [5, 5.41) is 4.44. The number of aryl methyl sites for hydroxylation is 3. The van der Waals surface area contributed by atoms with Gasteiger partial charge in [-0.2, -0.15) is 5.10 Å². The average Bonchev–Trinajstić information content (AvgIpc) is 2.71. The van der Waals surface area contributed by atoms with Gasteiger partial charge in [0.25, 0.3) is 9.05 Å². The molecule has 0 aliphatic heterocycles. The van der Waals surface area contributed by atoms with E-state index in [4.69, 9.17) is 10.7 Å². The Morgan fingerprint density at radius 2 is 2.00 bits per heavy atom. The molecule has 0 saturated heterocycles. The maximum atomic E-state index is 11.3. The number of nitrogens with zero attached hydrogens (tertiary/aromatic N) is 3. The Bertz CT molecular complexity index is 666. The fourth-order valence-electron chi connectivity index (χ4n) is 1.88. The Kier molecular flexibility index (Phi) is 3.25. The van der Waals surface area contributed by atoms with Gasteiger partial charge in [-0.15, -0.1) is 0 Å². The average molecular weight is 288 g/mol. The zero-order chi connectivity index (χ0) is 13.5. The summed E-state index contributed by atoms with van der Waals surface area (Å²) in [5.41, 5.74) is 2.83. The van der Waals surface area contributed by atoms with E-state index in [9.17, 15) is 8.42 Å². The summed E-state index contributed by atoms with van der Waals surface area (Å²) in [4.78, 5) is 0. The SMILES string of the molecule is Cc1cc(Cc2cc(S(=O)(=O)Cl)n(C)c2)nn1C. The molecule has 18 heavy (non-hydrogen) atoms. The summed E-state index contributed by atoms with van der Waals surface area (Å²) in [7, 11) is 5.17. The molecule has 2 aromatic heterocycles. The van der Waals surface area contributed by atoms with Gasteiger partial charge < -0.3 is 4.57 Å². The number of aromatic nitrogens is 3. The number of hydrogen-bond donors (Lipinski definition) is 0. The van der Waals surface area contributed by atoms with Crippen LogP contribution < -0.4 is 0 Å². The van der Waals surface area contributed by atoms with Gasteiger partial charge in [-0.25, -0.2) is 8.42 Å². The largest absolute Gasteiger partial charge is 0.341 e. The highest BCUT2D eigenvalue weighted by Gasteiger charge is 2.16. The molecule has 0 atom stereocenters. The Hall–Kier alpha value is -1.27. The normalized spacial score (nSPS) is 12.0. The first-order valence-corrected chi connectivity index (χ1v) is 7.68. The van der Waals surface area contributed by atoms with Crippen LogP contribution in [0.3, 0.4) is 0 Å². The lowest BCUT2D eigenvalue weighted by Gasteiger charge is -1.95. The van der Waals surface area contributed by atoms with Crippen molar-refractivity contribution in [3.8, 4) is 0 Å². The third-order valence-electron chi connectivity index (χ3n) is 2.82. The fourth-order valence-corrected chi connectivity index (χ4v) is 3.03. The fraction of sp³-hybridized carbons (Fsp3) is 0.364. The van der Waals surface area contributed by atoms with Crippen LogP contribution in [0.15, 0.2) is 23.4 Å². The molecule has 0 amide bonds. The minimum absolute atomic E-state index is 0.104. The molecular weight excluding hydrogens is 274 g/mol. The molecule has 0 N–H and O–H groups in total. The van der Waals surface area contributed by atoms with E-state index in [1.165, 1.54) is 4.57 Å². The van der Waals surface area contributed by atoms with E-state index in [1.807, 2.05) is 20.0 Å². The third-order valence-corrected chi connectivity index (χ3v) is 4.20. The quantitative estimate of drug-likeness (QED) is 0.806. The molecule has 0 saturated carbocycles. The predicted octanol–water partition coefficient (Wildman–Crippen LogP) is 1.59. The second-order valence-corrected chi connectivity index (χ2v) is 6.83. The molecule has 0 aliphatic rings. The highest BCUT2D eigenvalue weighted by atomic mass is 35.7. The van der Waals surface area contributed by atoms with Crippen LogP contribution in [0.1, 0.15) is 17.0 Å². The number of rotatable bonds is 3. The van der Waals surface area contributed by atoms with Crippen molar-refractivity contribution in [2.45, 2.75) is 18.4 Å². The van der Waals surface area contributed by atoms with E-state index < -0.39 is 9.05 Å². The minimum atomic E-state index is -3.70. The lowest BCUT2D eigenvalue weighted by Crippen LogP contribution is -1.97. The molecule has 0 bridgehead atoms. The van der Waals surface area contributed by atoms with Gasteiger partial charge in [0.05, 0.1) is 5.69 Å². The Morgan fingerprint density at radius 3 is 2.44 bits per heavy atom. The van der Waals surface area contributed by atoms with Crippen molar-refractivity contribution in [3.05, 3.63) is 35.3 Å². The van der Waals surface area contributed by atoms with Crippen LogP contribution in [0, 0.1) is 6.92 Å². The summed E-state index contributed by atoms with van der Waals surface area (Å²) in [6.07, 6.45) is 2.33. The van der Waals surface area contributed by atoms with Gasteiger partial charge >= 0.3 is 0 Å². The van der Waals surface area contributed by atoms with Gasteiger partial charge in [0.1, 0.15) is 0 Å². The number of halogens is 1. The van der Waals surface area contributed by atoms with Crippen molar-refractivity contribution in [2.75, 3.05) is 0 Å². The van der Waals surface area contributed by atoms with E-state index in [0.717, 1.165) is 17.0 Å². The molecule has 0 fully saturated rings. The molecule has 2 heterocycles. The topological polar surface area (TPSA) is 56.9 Å². The monoisotopic (exact) mass is 287 g/mol. The van der Waals surface area contributed by atoms with Crippen LogP contribution in [0.2, 0.25) is 0 Å². The van der Waals surface area contributed by atoms with Crippen molar-refractivity contribution in [1.82, 2.24) is 14.3 Å². The van der Waals surface area contributed by atoms with Gasteiger partial charge in [0, 0.05) is 43.1 Å². The second-order valence-electron chi connectivity index (χ2n) is 4.31. The second kappa shape index (κ2) is 4.44. The van der Waals surface area contributed by atoms with Crippen LogP contribution in [-0.4, -0.2) is 22.8 Å². The highest BCUT2D eigenvalue weighted by Crippen LogP contribution is 2.19. The first-order chi connectivity index (χ1) is 8.27. The van der Waals surface area contributed by atoms with Crippen LogP contribution >= 0.6 is 10.7 Å². The molecule has 98 valence electrons. The molecule has 0 aliphatic carbocycles. The summed E-state index contributed by atoms with van der Waals surface area (Å²) in [5.74, 6) is 0. The zero-order valence-electron chi connectivity index (χ0n) is 10.4. The molecule has 0 radical (unpaired) electrons. The van der Waals surface area contributed by atoms with E-state index in [1.54, 1.807) is 24.0 Å². The lowest BCUT2D eigenvalue weighted by atomic mass is 10.2. The van der Waals surface area contributed by atoms with E-state index in [0.29, 0.717) is 6.42 Å². The van der Waals surface area contributed by atoms with Crippen molar-refractivity contribution in [1.29, 1.82) is 0 Å². The first-order valence-electron chi connectivity index (χ1n) is 5.37. The summed E-state index contributed by atoms with van der Waals surface area (Å²) in [6.45, 7) is 1.97. The molecular formula is C11H14ClN3O2S. The molecule has 7 heteroatoms. The molecule has 2 aromatic rings. The van der Waals surface area contributed by atoms with Crippen LogP contribution in [-0.2, 0) is 29.6 Å². The van der Waals surface area contributed by atoms with Crippen molar-refractivity contribution < 1.29 is 8.42 Å². The van der Waals surface area contributed by atoms with Gasteiger partial charge in [0.2, 0.25) is 0 Å². The van der Waals surface area contributed by atoms with E-state index in [-0.39, 0.29) is 5.03 Å².